The smallest absolute Gasteiger partial charge is 0.312 e. The Labute approximate surface area is 109 Å². The fraction of sp³-hybridized carbons (Fsp3) is 0.545. The number of rotatable bonds is 7. The largest absolute Gasteiger partial charge is 0.455 e. The first-order valence-electron chi connectivity index (χ1n) is 5.44. The van der Waals surface area contributed by atoms with Crippen molar-refractivity contribution in [3.8, 4) is 0 Å². The van der Waals surface area contributed by atoms with Crippen LogP contribution in [0.4, 0.5) is 0 Å². The summed E-state index contributed by atoms with van der Waals surface area (Å²) in [5, 5.41) is 5.25. The number of carbonyl (C=O) groups excluding carboxylic acids is 2. The lowest BCUT2D eigenvalue weighted by Gasteiger charge is -2.05. The summed E-state index contributed by atoms with van der Waals surface area (Å²) < 4.78 is 9.59. The quantitative estimate of drug-likeness (QED) is 0.570. The molecule has 0 radical (unpaired) electrons. The lowest BCUT2D eigenvalue weighted by atomic mass is 10.3. The van der Waals surface area contributed by atoms with Crippen LogP contribution in [0.5, 0.6) is 0 Å². The maximum Gasteiger partial charge on any atom is 0.312 e. The third kappa shape index (κ3) is 5.74. The summed E-state index contributed by atoms with van der Waals surface area (Å²) in [5.74, 6) is -0.794. The van der Waals surface area contributed by atoms with Gasteiger partial charge in [0.1, 0.15) is 0 Å². The lowest BCUT2D eigenvalue weighted by Crippen LogP contribution is -2.31. The molecule has 0 spiro atoms. The number of hydrogen-bond donors (Lipinski definition) is 1. The summed E-state index contributed by atoms with van der Waals surface area (Å²) in [7, 11) is 1.54. The van der Waals surface area contributed by atoms with Crippen molar-refractivity contribution in [3.05, 3.63) is 16.1 Å². The van der Waals surface area contributed by atoms with Crippen molar-refractivity contribution in [1.82, 2.24) is 10.3 Å². The number of esters is 1. The highest BCUT2D eigenvalue weighted by molar-refractivity contribution is 7.09. The van der Waals surface area contributed by atoms with Crippen LogP contribution in [0.2, 0.25) is 0 Å². The summed E-state index contributed by atoms with van der Waals surface area (Å²) in [6, 6.07) is 0. The van der Waals surface area contributed by atoms with E-state index < -0.39 is 5.97 Å². The number of amides is 1. The summed E-state index contributed by atoms with van der Waals surface area (Å²) >= 11 is 1.47. The second-order valence-corrected chi connectivity index (χ2v) is 4.60. The number of carbonyl (C=O) groups is 2. The zero-order valence-electron chi connectivity index (χ0n) is 10.4. The topological polar surface area (TPSA) is 77.5 Å². The Morgan fingerprint density at radius 2 is 2.28 bits per heavy atom. The molecular formula is C11H16N2O4S. The second-order valence-electron chi connectivity index (χ2n) is 3.54. The highest BCUT2D eigenvalue weighted by Gasteiger charge is 2.10. The third-order valence-corrected chi connectivity index (χ3v) is 2.81. The average molecular weight is 272 g/mol. The van der Waals surface area contributed by atoms with E-state index in [1.807, 2.05) is 6.92 Å². The third-order valence-electron chi connectivity index (χ3n) is 1.98. The summed E-state index contributed by atoms with van der Waals surface area (Å²) in [6.07, 6.45) is 0.0929. The van der Waals surface area contributed by atoms with Crippen molar-refractivity contribution in [2.45, 2.75) is 13.3 Å². The molecule has 1 heterocycles. The molecule has 0 saturated heterocycles. The number of nitrogens with one attached hydrogen (secondary N) is 1. The monoisotopic (exact) mass is 272 g/mol. The van der Waals surface area contributed by atoms with Crippen LogP contribution in [0.1, 0.15) is 10.7 Å². The Kier molecular flexibility index (Phi) is 6.31. The molecule has 0 aromatic carbocycles. The van der Waals surface area contributed by atoms with Gasteiger partial charge in [-0.25, -0.2) is 4.98 Å². The molecule has 0 aliphatic carbocycles. The molecule has 0 fully saturated rings. The molecule has 7 heteroatoms. The maximum atomic E-state index is 11.4. The molecule has 0 aliphatic heterocycles. The number of methoxy groups -OCH3 is 1. The average Bonchev–Trinajstić information content (AvgIpc) is 2.72. The molecule has 0 unspecified atom stereocenters. The number of hydrogen-bond acceptors (Lipinski definition) is 6. The molecule has 0 aliphatic rings. The molecule has 0 bridgehead atoms. The van der Waals surface area contributed by atoms with E-state index in [0.29, 0.717) is 18.8 Å². The van der Waals surface area contributed by atoms with E-state index in [1.165, 1.54) is 11.3 Å². The highest BCUT2D eigenvalue weighted by atomic mass is 32.1. The molecular weight excluding hydrogens is 256 g/mol. The molecule has 100 valence electrons. The van der Waals surface area contributed by atoms with Crippen LogP contribution in [-0.4, -0.2) is 43.7 Å². The Morgan fingerprint density at radius 1 is 1.50 bits per heavy atom. The first kappa shape index (κ1) is 14.6. The number of nitrogens with zero attached hydrogens (tertiary/aromatic N) is 1. The van der Waals surface area contributed by atoms with Gasteiger partial charge in [-0.1, -0.05) is 0 Å². The van der Waals surface area contributed by atoms with Gasteiger partial charge in [-0.15, -0.1) is 11.3 Å². The van der Waals surface area contributed by atoms with Crippen molar-refractivity contribution in [2.75, 3.05) is 26.9 Å². The molecule has 1 aromatic rings. The summed E-state index contributed by atoms with van der Waals surface area (Å²) in [6.45, 7) is 2.42. The number of thiazole rings is 1. The number of aromatic nitrogens is 1. The Morgan fingerprint density at radius 3 is 2.89 bits per heavy atom. The van der Waals surface area contributed by atoms with Crippen LogP contribution in [-0.2, 0) is 25.5 Å². The summed E-state index contributed by atoms with van der Waals surface area (Å²) in [5.41, 5.74) is 0.669. The molecule has 1 rings (SSSR count). The fourth-order valence-corrected chi connectivity index (χ4v) is 1.79. The minimum absolute atomic E-state index is 0.0929. The Bertz CT molecular complexity index is 406. The second kappa shape index (κ2) is 7.78. The fourth-order valence-electron chi connectivity index (χ4n) is 1.18. The van der Waals surface area contributed by atoms with E-state index in [1.54, 1.807) is 12.5 Å². The standard InChI is InChI=1S/C11H16N2O4S/c1-8-13-9(7-18-8)5-11(15)17-6-10(14)12-3-4-16-2/h7H,3-6H2,1-2H3,(H,12,14). The van der Waals surface area contributed by atoms with E-state index in [9.17, 15) is 9.59 Å². The van der Waals surface area contributed by atoms with Crippen molar-refractivity contribution in [3.63, 3.8) is 0 Å². The van der Waals surface area contributed by atoms with E-state index >= 15 is 0 Å². The van der Waals surface area contributed by atoms with Gasteiger partial charge in [-0.3, -0.25) is 9.59 Å². The van der Waals surface area contributed by atoms with Crippen LogP contribution >= 0.6 is 11.3 Å². The lowest BCUT2D eigenvalue weighted by molar-refractivity contribution is -0.147. The van der Waals surface area contributed by atoms with Gasteiger partial charge < -0.3 is 14.8 Å². The minimum Gasteiger partial charge on any atom is -0.455 e. The highest BCUT2D eigenvalue weighted by Crippen LogP contribution is 2.08. The van der Waals surface area contributed by atoms with Crippen LogP contribution < -0.4 is 5.32 Å². The van der Waals surface area contributed by atoms with E-state index in [-0.39, 0.29) is 18.9 Å². The molecule has 6 nitrogen and oxygen atoms in total. The zero-order chi connectivity index (χ0) is 13.4. The molecule has 0 atom stereocenters. The van der Waals surface area contributed by atoms with Gasteiger partial charge in [0.2, 0.25) is 0 Å². The van der Waals surface area contributed by atoms with Gasteiger partial charge in [0.15, 0.2) is 6.61 Å². The first-order chi connectivity index (χ1) is 8.61. The number of ether oxygens (including phenoxy) is 2. The van der Waals surface area contributed by atoms with Crippen molar-refractivity contribution in [2.24, 2.45) is 0 Å². The van der Waals surface area contributed by atoms with Gasteiger partial charge in [0.05, 0.1) is 23.7 Å². The van der Waals surface area contributed by atoms with Gasteiger partial charge >= 0.3 is 5.97 Å². The SMILES string of the molecule is COCCNC(=O)COC(=O)Cc1csc(C)n1. The van der Waals surface area contributed by atoms with Gasteiger partial charge in [0.25, 0.3) is 5.91 Å². The van der Waals surface area contributed by atoms with E-state index in [4.69, 9.17) is 9.47 Å². The van der Waals surface area contributed by atoms with Gasteiger partial charge in [-0.05, 0) is 6.92 Å². The van der Waals surface area contributed by atoms with Gasteiger partial charge in [0, 0.05) is 19.0 Å². The zero-order valence-corrected chi connectivity index (χ0v) is 11.2. The van der Waals surface area contributed by atoms with Crippen molar-refractivity contribution < 1.29 is 19.1 Å². The van der Waals surface area contributed by atoms with E-state index in [0.717, 1.165) is 5.01 Å². The molecule has 1 amide bonds. The van der Waals surface area contributed by atoms with Crippen LogP contribution in [0, 0.1) is 6.92 Å². The van der Waals surface area contributed by atoms with E-state index in [2.05, 4.69) is 10.3 Å². The molecule has 0 saturated carbocycles. The van der Waals surface area contributed by atoms with Crippen molar-refractivity contribution >= 4 is 23.2 Å². The predicted octanol–water partition coefficient (Wildman–Crippen LogP) is 0.300. The minimum atomic E-state index is -0.456. The Balaban J connectivity index is 2.18. The molecule has 18 heavy (non-hydrogen) atoms. The van der Waals surface area contributed by atoms with Crippen molar-refractivity contribution in [1.29, 1.82) is 0 Å². The number of aryl methyl sites for hydroxylation is 1. The first-order valence-corrected chi connectivity index (χ1v) is 6.32. The van der Waals surface area contributed by atoms with Crippen LogP contribution in [0.25, 0.3) is 0 Å². The summed E-state index contributed by atoms with van der Waals surface area (Å²) in [4.78, 5) is 26.8. The molecule has 1 aromatic heterocycles. The Hall–Kier alpha value is -1.47. The normalized spacial score (nSPS) is 10.1. The van der Waals surface area contributed by atoms with Gasteiger partial charge in [-0.2, -0.15) is 0 Å². The van der Waals surface area contributed by atoms with Crippen LogP contribution in [0.15, 0.2) is 5.38 Å². The predicted molar refractivity (Wildman–Crippen MR) is 66.4 cm³/mol. The molecule has 1 N–H and O–H groups in total. The maximum absolute atomic E-state index is 11.4. The van der Waals surface area contributed by atoms with Crippen LogP contribution in [0.3, 0.4) is 0 Å².